The Kier molecular flexibility index (Phi) is 10.4. The fourth-order valence-corrected chi connectivity index (χ4v) is 4.18. The summed E-state index contributed by atoms with van der Waals surface area (Å²) < 4.78 is 44.1. The molecular weight excluding hydrogens is 468 g/mol. The first-order valence-electron chi connectivity index (χ1n) is 12.5. The second kappa shape index (κ2) is 13.7. The first kappa shape index (κ1) is 27.3. The Hall–Kier alpha value is -3.31. The van der Waals surface area contributed by atoms with Gasteiger partial charge in [-0.05, 0) is 62.1 Å². The number of benzene rings is 2. The van der Waals surface area contributed by atoms with Crippen molar-refractivity contribution in [2.75, 3.05) is 6.61 Å². The monoisotopic (exact) mass is 499 g/mol. The van der Waals surface area contributed by atoms with E-state index in [-0.39, 0.29) is 29.3 Å². The highest BCUT2D eigenvalue weighted by Crippen LogP contribution is 2.29. The van der Waals surface area contributed by atoms with Gasteiger partial charge in [-0.3, -0.25) is 4.79 Å². The molecule has 192 valence electrons. The predicted molar refractivity (Wildman–Crippen MR) is 129 cm³/mol. The highest BCUT2D eigenvalue weighted by Gasteiger charge is 2.29. The number of esters is 2. The maximum absolute atomic E-state index is 14.0. The molecule has 0 saturated heterocycles. The Morgan fingerprint density at radius 2 is 1.72 bits per heavy atom. The van der Waals surface area contributed by atoms with Crippen molar-refractivity contribution in [3.05, 3.63) is 59.2 Å². The maximum Gasteiger partial charge on any atom is 0.343 e. The predicted octanol–water partition coefficient (Wildman–Crippen LogP) is 6.51. The van der Waals surface area contributed by atoms with Gasteiger partial charge in [-0.2, -0.15) is 9.65 Å². The number of hydrogen-bond acceptors (Lipinski definition) is 6. The second-order valence-electron chi connectivity index (χ2n) is 8.96. The summed E-state index contributed by atoms with van der Waals surface area (Å²) in [7, 11) is 0. The van der Waals surface area contributed by atoms with Crippen LogP contribution in [-0.4, -0.2) is 24.6 Å². The summed E-state index contributed by atoms with van der Waals surface area (Å²) in [6, 6.07) is 9.17. The molecule has 6 nitrogen and oxygen atoms in total. The molecule has 0 bridgehead atoms. The van der Waals surface area contributed by atoms with Gasteiger partial charge in [0, 0.05) is 6.61 Å². The molecule has 0 heterocycles. The van der Waals surface area contributed by atoms with Gasteiger partial charge in [-0.15, -0.1) is 0 Å². The molecule has 0 amide bonds. The lowest BCUT2D eigenvalue weighted by molar-refractivity contribution is -0.142. The third-order valence-electron chi connectivity index (χ3n) is 6.24. The van der Waals surface area contributed by atoms with Gasteiger partial charge >= 0.3 is 11.9 Å². The van der Waals surface area contributed by atoms with E-state index in [4.69, 9.17) is 19.5 Å². The average Bonchev–Trinajstić information content (AvgIpc) is 2.89. The number of rotatable bonds is 11. The number of nitrogens with zero attached hydrogens (tertiary/aromatic N) is 1. The fraction of sp³-hybridized carbons (Fsp3) is 0.464. The SMILES string of the molecule is CCCCCCCO[C@H]1CCC[C@H](C(=O)Oc2ccc(C(=O)Oc3ccc(C#N)c(F)c3F)cc2)C1. The molecule has 36 heavy (non-hydrogen) atoms. The molecule has 2 aromatic rings. The summed E-state index contributed by atoms with van der Waals surface area (Å²) in [4.78, 5) is 25.0. The highest BCUT2D eigenvalue weighted by molar-refractivity contribution is 5.91. The highest BCUT2D eigenvalue weighted by atomic mass is 19.2. The van der Waals surface area contributed by atoms with Crippen LogP contribution >= 0.6 is 0 Å². The zero-order valence-corrected chi connectivity index (χ0v) is 20.4. The van der Waals surface area contributed by atoms with Crippen LogP contribution in [-0.2, 0) is 9.53 Å². The van der Waals surface area contributed by atoms with Crippen LogP contribution in [0.25, 0.3) is 0 Å². The number of ether oxygens (including phenoxy) is 3. The van der Waals surface area contributed by atoms with E-state index in [1.165, 1.54) is 49.6 Å². The van der Waals surface area contributed by atoms with Crippen LogP contribution in [0.5, 0.6) is 11.5 Å². The third-order valence-corrected chi connectivity index (χ3v) is 6.24. The van der Waals surface area contributed by atoms with E-state index < -0.39 is 28.9 Å². The van der Waals surface area contributed by atoms with Crippen molar-refractivity contribution in [3.8, 4) is 17.6 Å². The van der Waals surface area contributed by atoms with Crippen LogP contribution in [0.15, 0.2) is 36.4 Å². The number of carbonyl (C=O) groups excluding carboxylic acids is 2. The fourth-order valence-electron chi connectivity index (χ4n) is 4.18. The topological polar surface area (TPSA) is 85.6 Å². The molecule has 1 saturated carbocycles. The van der Waals surface area contributed by atoms with Crippen LogP contribution in [0.3, 0.4) is 0 Å². The second-order valence-corrected chi connectivity index (χ2v) is 8.96. The Morgan fingerprint density at radius 1 is 0.972 bits per heavy atom. The van der Waals surface area contributed by atoms with E-state index in [0.717, 1.165) is 44.2 Å². The molecule has 0 aromatic heterocycles. The molecule has 0 unspecified atom stereocenters. The van der Waals surface area contributed by atoms with Crippen molar-refractivity contribution in [2.24, 2.45) is 5.92 Å². The van der Waals surface area contributed by atoms with E-state index in [1.807, 2.05) is 0 Å². The molecule has 1 fully saturated rings. The van der Waals surface area contributed by atoms with Crippen molar-refractivity contribution in [2.45, 2.75) is 70.8 Å². The van der Waals surface area contributed by atoms with Crippen molar-refractivity contribution < 1.29 is 32.6 Å². The van der Waals surface area contributed by atoms with Crippen LogP contribution < -0.4 is 9.47 Å². The first-order valence-corrected chi connectivity index (χ1v) is 12.5. The van der Waals surface area contributed by atoms with Crippen molar-refractivity contribution in [3.63, 3.8) is 0 Å². The summed E-state index contributed by atoms with van der Waals surface area (Å²) >= 11 is 0. The van der Waals surface area contributed by atoms with Gasteiger partial charge < -0.3 is 14.2 Å². The third kappa shape index (κ3) is 7.59. The molecule has 0 radical (unpaired) electrons. The van der Waals surface area contributed by atoms with E-state index in [1.54, 1.807) is 0 Å². The number of hydrogen-bond donors (Lipinski definition) is 0. The Bertz CT molecular complexity index is 1080. The van der Waals surface area contributed by atoms with E-state index in [2.05, 4.69) is 6.92 Å². The minimum atomic E-state index is -1.42. The Balaban J connectivity index is 1.49. The van der Waals surface area contributed by atoms with Gasteiger partial charge in [0.05, 0.1) is 23.1 Å². The smallest absolute Gasteiger partial charge is 0.343 e. The molecule has 0 aliphatic heterocycles. The molecule has 8 heteroatoms. The standard InChI is InChI=1S/C28H31F2NO5/c1-2-3-4-5-6-16-34-23-9-7-8-20(17-23)28(33)35-22-13-10-19(11-14-22)27(32)36-24-15-12-21(18-31)25(29)26(24)30/h10-15,20,23H,2-9,16-17H2,1H3/t20-,23-/m0/s1. The van der Waals surface area contributed by atoms with Gasteiger partial charge in [-0.25, -0.2) is 9.18 Å². The Labute approximate surface area is 210 Å². The number of halogens is 2. The average molecular weight is 500 g/mol. The maximum atomic E-state index is 14.0. The van der Waals surface area contributed by atoms with E-state index in [0.29, 0.717) is 13.0 Å². The summed E-state index contributed by atoms with van der Waals surface area (Å²) in [6.45, 7) is 2.90. The number of unbranched alkanes of at least 4 members (excludes halogenated alkanes) is 4. The summed E-state index contributed by atoms with van der Waals surface area (Å²) in [5.74, 6) is -4.66. The molecule has 0 spiro atoms. The first-order chi connectivity index (χ1) is 17.4. The van der Waals surface area contributed by atoms with E-state index in [9.17, 15) is 18.4 Å². The van der Waals surface area contributed by atoms with Crippen LogP contribution in [0, 0.1) is 28.9 Å². The van der Waals surface area contributed by atoms with Gasteiger partial charge in [0.25, 0.3) is 0 Å². The van der Waals surface area contributed by atoms with Crippen LogP contribution in [0.2, 0.25) is 0 Å². The minimum absolute atomic E-state index is 0.0593. The molecule has 2 aromatic carbocycles. The lowest BCUT2D eigenvalue weighted by Crippen LogP contribution is -2.30. The lowest BCUT2D eigenvalue weighted by atomic mass is 9.87. The zero-order chi connectivity index (χ0) is 25.9. The molecule has 1 aliphatic carbocycles. The van der Waals surface area contributed by atoms with Crippen molar-refractivity contribution in [1.82, 2.24) is 0 Å². The van der Waals surface area contributed by atoms with Gasteiger partial charge in [0.15, 0.2) is 11.6 Å². The molecule has 2 atom stereocenters. The summed E-state index contributed by atoms with van der Waals surface area (Å²) in [5, 5.41) is 8.74. The lowest BCUT2D eigenvalue weighted by Gasteiger charge is -2.27. The van der Waals surface area contributed by atoms with Crippen molar-refractivity contribution in [1.29, 1.82) is 5.26 Å². The minimum Gasteiger partial charge on any atom is -0.426 e. The molecule has 3 rings (SSSR count). The number of nitriles is 1. The van der Waals surface area contributed by atoms with Crippen LogP contribution in [0.1, 0.15) is 80.6 Å². The molecule has 1 aliphatic rings. The largest absolute Gasteiger partial charge is 0.426 e. The Morgan fingerprint density at radius 3 is 2.44 bits per heavy atom. The number of carbonyl (C=O) groups is 2. The van der Waals surface area contributed by atoms with Gasteiger partial charge in [-0.1, -0.05) is 39.0 Å². The summed E-state index contributed by atoms with van der Waals surface area (Å²) in [5.41, 5.74) is -0.430. The quantitative estimate of drug-likeness (QED) is 0.199. The van der Waals surface area contributed by atoms with Crippen molar-refractivity contribution >= 4 is 11.9 Å². The van der Waals surface area contributed by atoms with E-state index >= 15 is 0 Å². The van der Waals surface area contributed by atoms with Gasteiger partial charge in [0.2, 0.25) is 5.82 Å². The van der Waals surface area contributed by atoms with Crippen LogP contribution in [0.4, 0.5) is 8.78 Å². The molecular formula is C28H31F2NO5. The zero-order valence-electron chi connectivity index (χ0n) is 20.4. The normalized spacial score (nSPS) is 17.3. The summed E-state index contributed by atoms with van der Waals surface area (Å²) in [6.07, 6.45) is 9.15. The van der Waals surface area contributed by atoms with Gasteiger partial charge in [0.1, 0.15) is 11.8 Å². The molecule has 0 N–H and O–H groups in total.